The molecule has 0 saturated carbocycles. The molecule has 2 aromatic carbocycles. The summed E-state index contributed by atoms with van der Waals surface area (Å²) in [6.45, 7) is 5.10. The molecule has 138 valence electrons. The van der Waals surface area contributed by atoms with Gasteiger partial charge in [-0.2, -0.15) is 0 Å². The number of ether oxygens (including phenoxy) is 2. The first-order valence-corrected chi connectivity index (χ1v) is 9.20. The van der Waals surface area contributed by atoms with E-state index in [1.165, 1.54) is 0 Å². The second kappa shape index (κ2) is 8.62. The van der Waals surface area contributed by atoms with Crippen LogP contribution in [0.5, 0.6) is 5.75 Å². The van der Waals surface area contributed by atoms with Crippen molar-refractivity contribution in [3.05, 3.63) is 52.0 Å². The Kier molecular flexibility index (Phi) is 6.25. The van der Waals surface area contributed by atoms with Crippen molar-refractivity contribution in [1.82, 2.24) is 0 Å². The molecule has 0 atom stereocenters. The average Bonchev–Trinajstić information content (AvgIpc) is 2.64. The van der Waals surface area contributed by atoms with Crippen LogP contribution in [0, 0.1) is 0 Å². The fraction of sp³-hybridized carbons (Fsp3) is 0.316. The van der Waals surface area contributed by atoms with E-state index < -0.39 is 0 Å². The van der Waals surface area contributed by atoms with Gasteiger partial charge in [0.2, 0.25) is 0 Å². The van der Waals surface area contributed by atoms with Crippen molar-refractivity contribution in [3.8, 4) is 5.75 Å². The Morgan fingerprint density at radius 2 is 1.96 bits per heavy atom. The molecule has 1 amide bonds. The molecule has 0 spiro atoms. The highest BCUT2D eigenvalue weighted by atomic mass is 35.5. The molecule has 1 N–H and O–H groups in total. The zero-order valence-corrected chi connectivity index (χ0v) is 15.9. The molecule has 0 radical (unpaired) electrons. The van der Waals surface area contributed by atoms with Crippen molar-refractivity contribution in [3.63, 3.8) is 0 Å². The highest BCUT2D eigenvalue weighted by molar-refractivity contribution is 6.34. The van der Waals surface area contributed by atoms with Gasteiger partial charge in [0.25, 0.3) is 5.91 Å². The number of anilines is 2. The third-order valence-corrected chi connectivity index (χ3v) is 4.66. The van der Waals surface area contributed by atoms with Gasteiger partial charge >= 0.3 is 0 Å². The maximum absolute atomic E-state index is 12.7. The summed E-state index contributed by atoms with van der Waals surface area (Å²) in [6.07, 6.45) is 0. The predicted octanol–water partition coefficient (Wildman–Crippen LogP) is 4.48. The quantitative estimate of drug-likeness (QED) is 0.811. The fourth-order valence-electron chi connectivity index (χ4n) is 2.83. The van der Waals surface area contributed by atoms with E-state index in [1.807, 2.05) is 25.1 Å². The second-order valence-corrected chi connectivity index (χ2v) is 6.58. The van der Waals surface area contributed by atoms with E-state index >= 15 is 0 Å². The lowest BCUT2D eigenvalue weighted by Crippen LogP contribution is -2.37. The average molecular weight is 395 g/mol. The van der Waals surface area contributed by atoms with Gasteiger partial charge in [-0.15, -0.1) is 0 Å². The summed E-state index contributed by atoms with van der Waals surface area (Å²) in [5.74, 6) is 0.300. The van der Waals surface area contributed by atoms with Crippen molar-refractivity contribution in [1.29, 1.82) is 0 Å². The van der Waals surface area contributed by atoms with Crippen molar-refractivity contribution >= 4 is 40.5 Å². The Balaban J connectivity index is 1.83. The number of hydrogen-bond acceptors (Lipinski definition) is 4. The summed E-state index contributed by atoms with van der Waals surface area (Å²) >= 11 is 12.6. The van der Waals surface area contributed by atoms with Crippen LogP contribution in [0.1, 0.15) is 17.3 Å². The number of benzene rings is 2. The van der Waals surface area contributed by atoms with Crippen LogP contribution in [-0.2, 0) is 4.74 Å². The first-order chi connectivity index (χ1) is 12.6. The number of halogens is 2. The minimum absolute atomic E-state index is 0.258. The van der Waals surface area contributed by atoms with Gasteiger partial charge < -0.3 is 19.7 Å². The molecule has 0 unspecified atom stereocenters. The number of morpholine rings is 1. The normalized spacial score (nSPS) is 14.2. The SMILES string of the molecule is CCOc1ccc(C(=O)Nc2cccc(Cl)c2N2CCOCC2)cc1Cl. The van der Waals surface area contributed by atoms with Crippen LogP contribution in [0.15, 0.2) is 36.4 Å². The van der Waals surface area contributed by atoms with Crippen molar-refractivity contribution < 1.29 is 14.3 Å². The van der Waals surface area contributed by atoms with Crippen LogP contribution in [0.2, 0.25) is 10.0 Å². The Morgan fingerprint density at radius 1 is 1.19 bits per heavy atom. The maximum atomic E-state index is 12.7. The molecule has 3 rings (SSSR count). The molecule has 0 aliphatic carbocycles. The summed E-state index contributed by atoms with van der Waals surface area (Å²) in [5.41, 5.74) is 1.92. The summed E-state index contributed by atoms with van der Waals surface area (Å²) in [4.78, 5) is 14.8. The van der Waals surface area contributed by atoms with Gasteiger partial charge in [-0.05, 0) is 37.3 Å². The van der Waals surface area contributed by atoms with E-state index in [4.69, 9.17) is 32.7 Å². The third kappa shape index (κ3) is 4.23. The predicted molar refractivity (Wildman–Crippen MR) is 105 cm³/mol. The van der Waals surface area contributed by atoms with Crippen molar-refractivity contribution in [2.45, 2.75) is 6.92 Å². The van der Waals surface area contributed by atoms with E-state index in [-0.39, 0.29) is 5.91 Å². The van der Waals surface area contributed by atoms with Crippen LogP contribution >= 0.6 is 23.2 Å². The van der Waals surface area contributed by atoms with E-state index in [2.05, 4.69) is 10.2 Å². The largest absolute Gasteiger partial charge is 0.492 e. The number of rotatable bonds is 5. The van der Waals surface area contributed by atoms with Gasteiger partial charge in [-0.25, -0.2) is 0 Å². The molecular formula is C19H20Cl2N2O3. The minimum Gasteiger partial charge on any atom is -0.492 e. The Morgan fingerprint density at radius 3 is 2.65 bits per heavy atom. The van der Waals surface area contributed by atoms with Crippen LogP contribution in [-0.4, -0.2) is 38.8 Å². The van der Waals surface area contributed by atoms with Gasteiger partial charge in [-0.3, -0.25) is 4.79 Å². The molecule has 0 bridgehead atoms. The first-order valence-electron chi connectivity index (χ1n) is 8.45. The van der Waals surface area contributed by atoms with Crippen LogP contribution in [0.25, 0.3) is 0 Å². The monoisotopic (exact) mass is 394 g/mol. The van der Waals surface area contributed by atoms with Gasteiger partial charge in [0.15, 0.2) is 0 Å². The molecule has 2 aromatic rings. The van der Waals surface area contributed by atoms with E-state index in [0.29, 0.717) is 46.9 Å². The van der Waals surface area contributed by atoms with Crippen LogP contribution < -0.4 is 15.0 Å². The van der Waals surface area contributed by atoms with Gasteiger partial charge in [0.05, 0.1) is 41.2 Å². The molecule has 7 heteroatoms. The van der Waals surface area contributed by atoms with Crippen molar-refractivity contribution in [2.24, 2.45) is 0 Å². The van der Waals surface area contributed by atoms with E-state index in [1.54, 1.807) is 18.2 Å². The Bertz CT molecular complexity index is 792. The standard InChI is InChI=1S/C19H20Cl2N2O3/c1-2-26-17-7-6-13(12-15(17)21)19(24)22-16-5-3-4-14(20)18(16)23-8-10-25-11-9-23/h3-7,12H,2,8-11H2,1H3,(H,22,24). The lowest BCUT2D eigenvalue weighted by Gasteiger charge is -2.31. The lowest BCUT2D eigenvalue weighted by molar-refractivity contribution is 0.102. The number of carbonyl (C=O) groups excluding carboxylic acids is 1. The topological polar surface area (TPSA) is 50.8 Å². The fourth-order valence-corrected chi connectivity index (χ4v) is 3.36. The molecule has 0 aromatic heterocycles. The van der Waals surface area contributed by atoms with Gasteiger partial charge in [0.1, 0.15) is 5.75 Å². The number of nitrogens with zero attached hydrogens (tertiary/aromatic N) is 1. The number of nitrogens with one attached hydrogen (secondary N) is 1. The number of para-hydroxylation sites is 1. The summed E-state index contributed by atoms with van der Waals surface area (Å²) in [6, 6.07) is 10.4. The first kappa shape index (κ1) is 18.8. The van der Waals surface area contributed by atoms with E-state index in [0.717, 1.165) is 18.8 Å². The molecular weight excluding hydrogens is 375 g/mol. The van der Waals surface area contributed by atoms with E-state index in [9.17, 15) is 4.79 Å². The number of carbonyl (C=O) groups is 1. The highest BCUT2D eigenvalue weighted by Crippen LogP contribution is 2.35. The van der Waals surface area contributed by atoms with Gasteiger partial charge in [0, 0.05) is 18.7 Å². The molecule has 1 fully saturated rings. The summed E-state index contributed by atoms with van der Waals surface area (Å²) < 4.78 is 10.8. The zero-order chi connectivity index (χ0) is 18.5. The maximum Gasteiger partial charge on any atom is 0.255 e. The third-order valence-electron chi connectivity index (χ3n) is 4.06. The second-order valence-electron chi connectivity index (χ2n) is 5.77. The zero-order valence-electron chi connectivity index (χ0n) is 14.4. The lowest BCUT2D eigenvalue weighted by atomic mass is 10.1. The van der Waals surface area contributed by atoms with Crippen LogP contribution in [0.4, 0.5) is 11.4 Å². The smallest absolute Gasteiger partial charge is 0.255 e. The molecule has 1 heterocycles. The molecule has 5 nitrogen and oxygen atoms in total. The number of amides is 1. The summed E-state index contributed by atoms with van der Waals surface area (Å²) in [7, 11) is 0. The molecule has 1 saturated heterocycles. The van der Waals surface area contributed by atoms with Crippen LogP contribution in [0.3, 0.4) is 0 Å². The number of hydrogen-bond donors (Lipinski definition) is 1. The Labute approximate surface area is 162 Å². The minimum atomic E-state index is -0.258. The van der Waals surface area contributed by atoms with Crippen molar-refractivity contribution in [2.75, 3.05) is 43.1 Å². The highest BCUT2D eigenvalue weighted by Gasteiger charge is 2.19. The molecule has 1 aliphatic heterocycles. The van der Waals surface area contributed by atoms with Gasteiger partial charge in [-0.1, -0.05) is 29.3 Å². The Hall–Kier alpha value is -1.95. The summed E-state index contributed by atoms with van der Waals surface area (Å²) in [5, 5.41) is 3.93. The molecule has 1 aliphatic rings. The molecule has 26 heavy (non-hydrogen) atoms.